The van der Waals surface area contributed by atoms with Gasteiger partial charge in [-0.3, -0.25) is 0 Å². The van der Waals surface area contributed by atoms with Crippen molar-refractivity contribution < 1.29 is 0 Å². The molecule has 0 saturated carbocycles. The van der Waals surface area contributed by atoms with Crippen LogP contribution in [0.1, 0.15) is 46.5 Å². The highest BCUT2D eigenvalue weighted by Gasteiger charge is 2.12. The summed E-state index contributed by atoms with van der Waals surface area (Å²) in [4.78, 5) is 3.19. The summed E-state index contributed by atoms with van der Waals surface area (Å²) in [7, 11) is 7.80. The third-order valence-corrected chi connectivity index (χ3v) is 3.00. The minimum Gasteiger partial charge on any atom is -0.366 e. The lowest BCUT2D eigenvalue weighted by Crippen LogP contribution is -2.34. The van der Waals surface area contributed by atoms with Crippen molar-refractivity contribution in [3.8, 4) is 0 Å². The van der Waals surface area contributed by atoms with Gasteiger partial charge in [-0.25, -0.2) is 0 Å². The Morgan fingerprint density at radius 3 is 2.36 bits per heavy atom. The van der Waals surface area contributed by atoms with Gasteiger partial charge in [0.2, 0.25) is 0 Å². The zero-order valence-electron chi connectivity index (χ0n) is 9.92. The fourth-order valence-corrected chi connectivity index (χ4v) is 1.75. The van der Waals surface area contributed by atoms with Gasteiger partial charge in [0.15, 0.2) is 0 Å². The van der Waals surface area contributed by atoms with Gasteiger partial charge in [0.05, 0.1) is 12.8 Å². The molecule has 0 amide bonds. The fraction of sp³-hybridized carbons (Fsp3) is 0.909. The van der Waals surface area contributed by atoms with E-state index in [2.05, 4.69) is 25.8 Å². The van der Waals surface area contributed by atoms with E-state index in [0.29, 0.717) is 11.9 Å². The first-order valence-corrected chi connectivity index (χ1v) is 5.88. The molecule has 0 aromatic rings. The molecular weight excluding hydrogens is 189 g/mol. The second kappa shape index (κ2) is 7.27. The molecule has 0 aliphatic carbocycles. The molecule has 2 atom stereocenters. The van der Waals surface area contributed by atoms with Crippen LogP contribution in [0.5, 0.6) is 0 Å². The number of nitrogens with zero attached hydrogens (tertiary/aromatic N) is 1. The van der Waals surface area contributed by atoms with Crippen LogP contribution in [-0.4, -0.2) is 30.8 Å². The van der Waals surface area contributed by atoms with Gasteiger partial charge in [0.25, 0.3) is 0 Å². The van der Waals surface area contributed by atoms with E-state index >= 15 is 0 Å². The molecular formula is C11H22BNS. The predicted octanol–water partition coefficient (Wildman–Crippen LogP) is 3.19. The van der Waals surface area contributed by atoms with E-state index in [1.807, 2.05) is 6.92 Å². The standard InChI is InChI=1S/C11H22BNS/c1-5-11(13(4)10(3)14)8-6-7-9(2)12/h9,11H,5-8H2,1-4H3. The van der Waals surface area contributed by atoms with Crippen LogP contribution in [-0.2, 0) is 0 Å². The quantitative estimate of drug-likeness (QED) is 0.490. The Morgan fingerprint density at radius 2 is 2.00 bits per heavy atom. The average molecular weight is 211 g/mol. The van der Waals surface area contributed by atoms with Gasteiger partial charge >= 0.3 is 0 Å². The van der Waals surface area contributed by atoms with Crippen molar-refractivity contribution in [2.24, 2.45) is 0 Å². The fourth-order valence-electron chi connectivity index (χ4n) is 1.60. The normalized spacial score (nSPS) is 14.9. The lowest BCUT2D eigenvalue weighted by Gasteiger charge is -2.28. The molecule has 0 aromatic heterocycles. The third-order valence-electron chi connectivity index (χ3n) is 2.71. The largest absolute Gasteiger partial charge is 0.366 e. The first kappa shape index (κ1) is 14.0. The van der Waals surface area contributed by atoms with E-state index in [0.717, 1.165) is 17.8 Å². The van der Waals surface area contributed by atoms with Crippen molar-refractivity contribution in [1.29, 1.82) is 0 Å². The molecule has 0 spiro atoms. The Balaban J connectivity index is 3.84. The predicted molar refractivity (Wildman–Crippen MR) is 69.1 cm³/mol. The van der Waals surface area contributed by atoms with Crippen molar-refractivity contribution in [1.82, 2.24) is 4.90 Å². The summed E-state index contributed by atoms with van der Waals surface area (Å²) in [6.07, 6.45) is 4.66. The molecule has 1 nitrogen and oxygen atoms in total. The molecule has 0 bridgehead atoms. The van der Waals surface area contributed by atoms with Crippen LogP contribution in [0.2, 0.25) is 5.82 Å². The first-order valence-electron chi connectivity index (χ1n) is 5.48. The molecule has 2 radical (unpaired) electrons. The Morgan fingerprint density at radius 1 is 1.43 bits per heavy atom. The van der Waals surface area contributed by atoms with Crippen molar-refractivity contribution in [3.05, 3.63) is 0 Å². The SMILES string of the molecule is [B]C(C)CCCC(CC)N(C)C(C)=S. The van der Waals surface area contributed by atoms with E-state index < -0.39 is 0 Å². The van der Waals surface area contributed by atoms with Crippen LogP contribution in [0.15, 0.2) is 0 Å². The van der Waals surface area contributed by atoms with Gasteiger partial charge in [-0.2, -0.15) is 0 Å². The summed E-state index contributed by atoms with van der Waals surface area (Å²) in [5, 5.41) is 0. The average Bonchev–Trinajstić information content (AvgIpc) is 2.10. The molecule has 0 fully saturated rings. The van der Waals surface area contributed by atoms with Crippen LogP contribution < -0.4 is 0 Å². The van der Waals surface area contributed by atoms with Crippen LogP contribution in [0.25, 0.3) is 0 Å². The highest BCUT2D eigenvalue weighted by molar-refractivity contribution is 7.80. The minimum atomic E-state index is 0.325. The summed E-state index contributed by atoms with van der Waals surface area (Å²) in [6.45, 7) is 6.27. The highest BCUT2D eigenvalue weighted by Crippen LogP contribution is 2.15. The molecule has 0 aliphatic rings. The Hall–Kier alpha value is -0.0451. The Labute approximate surface area is 95.7 Å². The maximum atomic E-state index is 5.72. The molecule has 0 heterocycles. The molecule has 14 heavy (non-hydrogen) atoms. The van der Waals surface area contributed by atoms with E-state index in [-0.39, 0.29) is 0 Å². The Kier molecular flexibility index (Phi) is 7.25. The first-order chi connectivity index (χ1) is 6.49. The molecule has 0 aromatic carbocycles. The summed E-state index contributed by atoms with van der Waals surface area (Å²) in [6, 6.07) is 0.589. The maximum absolute atomic E-state index is 5.72. The van der Waals surface area contributed by atoms with Gasteiger partial charge in [0, 0.05) is 13.1 Å². The number of rotatable bonds is 6. The van der Waals surface area contributed by atoms with Crippen molar-refractivity contribution in [2.75, 3.05) is 7.05 Å². The van der Waals surface area contributed by atoms with E-state index in [1.54, 1.807) is 0 Å². The number of thiocarbonyl (C=S) groups is 1. The monoisotopic (exact) mass is 211 g/mol. The van der Waals surface area contributed by atoms with Crippen LogP contribution in [0.3, 0.4) is 0 Å². The number of hydrogen-bond acceptors (Lipinski definition) is 1. The van der Waals surface area contributed by atoms with Gasteiger partial charge in [-0.15, -0.1) is 0 Å². The second-order valence-corrected chi connectivity index (χ2v) is 4.69. The number of hydrogen-bond donors (Lipinski definition) is 0. The molecule has 0 aliphatic heterocycles. The van der Waals surface area contributed by atoms with Crippen LogP contribution >= 0.6 is 12.2 Å². The van der Waals surface area contributed by atoms with Gasteiger partial charge in [-0.05, 0) is 19.8 Å². The van der Waals surface area contributed by atoms with E-state index in [9.17, 15) is 0 Å². The molecule has 80 valence electrons. The van der Waals surface area contributed by atoms with Gasteiger partial charge in [0.1, 0.15) is 0 Å². The zero-order chi connectivity index (χ0) is 11.1. The summed E-state index contributed by atoms with van der Waals surface area (Å²) in [5.74, 6) is 0.325. The highest BCUT2D eigenvalue weighted by atomic mass is 32.1. The molecule has 0 N–H and O–H groups in total. The van der Waals surface area contributed by atoms with Crippen LogP contribution in [0.4, 0.5) is 0 Å². The minimum absolute atomic E-state index is 0.325. The Bertz CT molecular complexity index is 171. The second-order valence-electron chi connectivity index (χ2n) is 4.10. The molecule has 2 unspecified atom stereocenters. The maximum Gasteiger partial charge on any atom is 0.0747 e. The summed E-state index contributed by atoms with van der Waals surface area (Å²) in [5.41, 5.74) is 0. The lowest BCUT2D eigenvalue weighted by molar-refractivity contribution is 0.329. The molecule has 0 rings (SSSR count). The van der Waals surface area contributed by atoms with Crippen molar-refractivity contribution in [2.45, 2.75) is 58.3 Å². The zero-order valence-corrected chi connectivity index (χ0v) is 10.7. The van der Waals surface area contributed by atoms with Crippen molar-refractivity contribution >= 4 is 25.1 Å². The third kappa shape index (κ3) is 5.64. The topological polar surface area (TPSA) is 3.24 Å². The lowest BCUT2D eigenvalue weighted by atomic mass is 9.84. The summed E-state index contributed by atoms with van der Waals surface area (Å²) >= 11 is 5.16. The van der Waals surface area contributed by atoms with Crippen LogP contribution in [0, 0.1) is 0 Å². The van der Waals surface area contributed by atoms with E-state index in [4.69, 9.17) is 20.1 Å². The van der Waals surface area contributed by atoms with Gasteiger partial charge < -0.3 is 4.90 Å². The molecule has 0 saturated heterocycles. The van der Waals surface area contributed by atoms with Gasteiger partial charge in [-0.1, -0.05) is 44.7 Å². The van der Waals surface area contributed by atoms with Crippen molar-refractivity contribution in [3.63, 3.8) is 0 Å². The molecule has 3 heteroatoms. The van der Waals surface area contributed by atoms with E-state index in [1.165, 1.54) is 12.8 Å². The summed E-state index contributed by atoms with van der Waals surface area (Å²) < 4.78 is 0. The smallest absolute Gasteiger partial charge is 0.0747 e.